The second kappa shape index (κ2) is 9.94. The summed E-state index contributed by atoms with van der Waals surface area (Å²) in [4.78, 5) is 58.1. The molecular weight excluding hydrogens is 472 g/mol. The minimum absolute atomic E-state index is 0.0436. The van der Waals surface area contributed by atoms with E-state index in [2.05, 4.69) is 10.3 Å². The number of aromatic nitrogens is 1. The molecule has 0 bridgehead atoms. The molecule has 0 aliphatic carbocycles. The summed E-state index contributed by atoms with van der Waals surface area (Å²) in [7, 11) is 0. The SMILES string of the molecule is CC(=O)NCc1cccc2c1C(=O)/C(=C/c1ccc3cc(C(=O)N4CCOCC4)ccc3n1)N2C(C)=O. The first-order chi connectivity index (χ1) is 17.8. The number of amides is 3. The van der Waals surface area contributed by atoms with E-state index in [0.29, 0.717) is 59.9 Å². The number of hydrogen-bond donors (Lipinski definition) is 1. The van der Waals surface area contributed by atoms with Crippen LogP contribution < -0.4 is 10.2 Å². The van der Waals surface area contributed by atoms with Gasteiger partial charge in [-0.25, -0.2) is 4.98 Å². The Morgan fingerprint density at radius 1 is 1.05 bits per heavy atom. The van der Waals surface area contributed by atoms with Crippen molar-refractivity contribution in [3.8, 4) is 0 Å². The third-order valence-corrected chi connectivity index (χ3v) is 6.45. The van der Waals surface area contributed by atoms with Crippen molar-refractivity contribution in [1.29, 1.82) is 0 Å². The highest BCUT2D eigenvalue weighted by atomic mass is 16.5. The molecule has 9 heteroatoms. The van der Waals surface area contributed by atoms with E-state index in [1.54, 1.807) is 47.4 Å². The van der Waals surface area contributed by atoms with E-state index < -0.39 is 0 Å². The van der Waals surface area contributed by atoms with Gasteiger partial charge < -0.3 is 15.0 Å². The maximum atomic E-state index is 13.5. The van der Waals surface area contributed by atoms with Crippen LogP contribution in [-0.4, -0.2) is 59.7 Å². The van der Waals surface area contributed by atoms with Crippen LogP contribution in [0.3, 0.4) is 0 Å². The summed E-state index contributed by atoms with van der Waals surface area (Å²) in [6, 6.07) is 14.2. The lowest BCUT2D eigenvalue weighted by Crippen LogP contribution is -2.40. The quantitative estimate of drug-likeness (QED) is 0.554. The van der Waals surface area contributed by atoms with Gasteiger partial charge in [0.1, 0.15) is 0 Å². The maximum absolute atomic E-state index is 13.5. The molecule has 2 aliphatic heterocycles. The molecule has 0 radical (unpaired) electrons. The van der Waals surface area contributed by atoms with E-state index in [0.717, 1.165) is 5.39 Å². The fraction of sp³-hybridized carbons (Fsp3) is 0.250. The van der Waals surface area contributed by atoms with Crippen molar-refractivity contribution in [2.45, 2.75) is 20.4 Å². The number of nitrogens with zero attached hydrogens (tertiary/aromatic N) is 3. The maximum Gasteiger partial charge on any atom is 0.254 e. The van der Waals surface area contributed by atoms with Gasteiger partial charge in [-0.2, -0.15) is 0 Å². The minimum Gasteiger partial charge on any atom is -0.378 e. The van der Waals surface area contributed by atoms with Gasteiger partial charge in [-0.15, -0.1) is 0 Å². The van der Waals surface area contributed by atoms with Crippen LogP contribution in [0.2, 0.25) is 0 Å². The number of morpholine rings is 1. The Labute approximate surface area is 213 Å². The summed E-state index contributed by atoms with van der Waals surface area (Å²) in [6.45, 7) is 5.20. The van der Waals surface area contributed by atoms with Crippen molar-refractivity contribution in [3.05, 3.63) is 76.6 Å². The number of ether oxygens (including phenoxy) is 1. The fourth-order valence-electron chi connectivity index (χ4n) is 4.67. The Kier molecular flexibility index (Phi) is 6.54. The van der Waals surface area contributed by atoms with E-state index in [9.17, 15) is 19.2 Å². The molecule has 2 aromatic carbocycles. The standard InChI is InChI=1S/C28H26N4O5/c1-17(33)29-16-21-4-3-5-24-26(21)27(35)25(32(24)18(2)34)15-22-8-6-19-14-20(7-9-23(19)30-22)28(36)31-10-12-37-13-11-31/h3-9,14-15H,10-13,16H2,1-2H3,(H,29,33)/b25-15-. The Bertz CT molecular complexity index is 1470. The number of benzene rings is 2. The minimum atomic E-state index is -0.306. The summed E-state index contributed by atoms with van der Waals surface area (Å²) in [5.41, 5.74) is 3.46. The van der Waals surface area contributed by atoms with Crippen LogP contribution in [0.15, 0.2) is 54.2 Å². The lowest BCUT2D eigenvalue weighted by Gasteiger charge is -2.26. The molecule has 0 atom stereocenters. The molecule has 1 fully saturated rings. The van der Waals surface area contributed by atoms with Crippen molar-refractivity contribution < 1.29 is 23.9 Å². The first-order valence-electron chi connectivity index (χ1n) is 12.0. The number of fused-ring (bicyclic) bond motifs is 2. The van der Waals surface area contributed by atoms with Crippen molar-refractivity contribution >= 4 is 46.2 Å². The Balaban J connectivity index is 1.47. The van der Waals surface area contributed by atoms with E-state index in [-0.39, 0.29) is 35.7 Å². The number of carbonyl (C=O) groups excluding carboxylic acids is 4. The molecule has 0 spiro atoms. The molecule has 1 saturated heterocycles. The number of carbonyl (C=O) groups is 4. The zero-order chi connectivity index (χ0) is 26.1. The second-order valence-electron chi connectivity index (χ2n) is 8.98. The third kappa shape index (κ3) is 4.73. The van der Waals surface area contributed by atoms with Crippen molar-refractivity contribution in [2.75, 3.05) is 31.2 Å². The van der Waals surface area contributed by atoms with Gasteiger partial charge in [-0.3, -0.25) is 24.1 Å². The highest BCUT2D eigenvalue weighted by Crippen LogP contribution is 2.37. The molecule has 37 heavy (non-hydrogen) atoms. The number of ketones is 1. The normalized spacial score (nSPS) is 16.3. The molecule has 1 aromatic heterocycles. The van der Waals surface area contributed by atoms with Crippen molar-refractivity contribution in [3.63, 3.8) is 0 Å². The smallest absolute Gasteiger partial charge is 0.254 e. The highest BCUT2D eigenvalue weighted by Gasteiger charge is 2.36. The van der Waals surface area contributed by atoms with Gasteiger partial charge in [0.2, 0.25) is 17.6 Å². The lowest BCUT2D eigenvalue weighted by atomic mass is 10.0. The van der Waals surface area contributed by atoms with Crippen LogP contribution in [0, 0.1) is 0 Å². The molecule has 0 unspecified atom stereocenters. The van der Waals surface area contributed by atoms with E-state index in [1.807, 2.05) is 12.1 Å². The number of Topliss-reactive ketones (excluding diaryl/α,β-unsaturated/α-hetero) is 1. The zero-order valence-corrected chi connectivity index (χ0v) is 20.6. The zero-order valence-electron chi connectivity index (χ0n) is 20.6. The van der Waals surface area contributed by atoms with Crippen LogP contribution in [-0.2, 0) is 20.9 Å². The van der Waals surface area contributed by atoms with Gasteiger partial charge >= 0.3 is 0 Å². The Hall–Kier alpha value is -4.37. The first kappa shape index (κ1) is 24.3. The Morgan fingerprint density at radius 2 is 1.84 bits per heavy atom. The monoisotopic (exact) mass is 498 g/mol. The summed E-state index contributed by atoms with van der Waals surface area (Å²) in [5, 5.41) is 3.51. The molecule has 1 N–H and O–H groups in total. The van der Waals surface area contributed by atoms with Crippen LogP contribution in [0.25, 0.3) is 17.0 Å². The van der Waals surface area contributed by atoms with Gasteiger partial charge in [0.25, 0.3) is 5.91 Å². The number of allylic oxidation sites excluding steroid dienone is 1. The largest absolute Gasteiger partial charge is 0.378 e. The molecule has 188 valence electrons. The van der Waals surface area contributed by atoms with Crippen molar-refractivity contribution in [2.24, 2.45) is 0 Å². The summed E-state index contributed by atoms with van der Waals surface area (Å²) < 4.78 is 5.33. The number of rotatable bonds is 4. The average Bonchev–Trinajstić information content (AvgIpc) is 3.19. The highest BCUT2D eigenvalue weighted by molar-refractivity contribution is 6.27. The molecular formula is C28H26N4O5. The van der Waals surface area contributed by atoms with Gasteiger partial charge in [0.15, 0.2) is 0 Å². The summed E-state index contributed by atoms with van der Waals surface area (Å²) in [6.07, 6.45) is 1.60. The van der Waals surface area contributed by atoms with Gasteiger partial charge in [0, 0.05) is 44.4 Å². The van der Waals surface area contributed by atoms with Crippen molar-refractivity contribution in [1.82, 2.24) is 15.2 Å². The second-order valence-corrected chi connectivity index (χ2v) is 8.98. The lowest BCUT2D eigenvalue weighted by molar-refractivity contribution is -0.119. The number of hydrogen-bond acceptors (Lipinski definition) is 6. The van der Waals surface area contributed by atoms with Crippen LogP contribution in [0.5, 0.6) is 0 Å². The van der Waals surface area contributed by atoms with E-state index >= 15 is 0 Å². The van der Waals surface area contributed by atoms with E-state index in [4.69, 9.17) is 4.74 Å². The predicted molar refractivity (Wildman–Crippen MR) is 138 cm³/mol. The fourth-order valence-corrected chi connectivity index (χ4v) is 4.67. The molecule has 9 nitrogen and oxygen atoms in total. The van der Waals surface area contributed by atoms with Crippen LogP contribution in [0.1, 0.15) is 45.8 Å². The molecule has 3 heterocycles. The Morgan fingerprint density at radius 3 is 2.57 bits per heavy atom. The number of nitrogens with one attached hydrogen (secondary N) is 1. The molecule has 3 aromatic rings. The van der Waals surface area contributed by atoms with Crippen LogP contribution in [0.4, 0.5) is 5.69 Å². The van der Waals surface area contributed by atoms with Crippen LogP contribution >= 0.6 is 0 Å². The van der Waals surface area contributed by atoms with Gasteiger partial charge in [0.05, 0.1) is 41.4 Å². The average molecular weight is 499 g/mol. The van der Waals surface area contributed by atoms with Gasteiger partial charge in [-0.1, -0.05) is 18.2 Å². The van der Waals surface area contributed by atoms with E-state index in [1.165, 1.54) is 18.7 Å². The molecule has 2 aliphatic rings. The first-order valence-corrected chi connectivity index (χ1v) is 12.0. The molecule has 0 saturated carbocycles. The van der Waals surface area contributed by atoms with Gasteiger partial charge in [-0.05, 0) is 42.0 Å². The summed E-state index contributed by atoms with van der Waals surface area (Å²) >= 11 is 0. The molecule has 5 rings (SSSR count). The third-order valence-electron chi connectivity index (χ3n) is 6.45. The topological polar surface area (TPSA) is 109 Å². The molecule has 3 amide bonds. The number of pyridine rings is 1. The summed E-state index contributed by atoms with van der Waals surface area (Å²) in [5.74, 6) is -0.864. The number of anilines is 1. The predicted octanol–water partition coefficient (Wildman–Crippen LogP) is 2.93.